The Morgan fingerprint density at radius 3 is 2.60 bits per heavy atom. The number of hydrogen-bond donors (Lipinski definition) is 2. The van der Waals surface area contributed by atoms with Crippen LogP contribution in [-0.2, 0) is 0 Å². The van der Waals surface area contributed by atoms with Crippen LogP contribution in [0.2, 0.25) is 5.02 Å². The van der Waals surface area contributed by atoms with Crippen LogP contribution in [0.5, 0.6) is 5.75 Å². The quantitative estimate of drug-likeness (QED) is 0.630. The summed E-state index contributed by atoms with van der Waals surface area (Å²) in [6.07, 6.45) is -0.0486. The summed E-state index contributed by atoms with van der Waals surface area (Å²) in [5, 5.41) is 6.41. The van der Waals surface area contributed by atoms with Gasteiger partial charge in [-0.25, -0.2) is 0 Å². The number of benzene rings is 2. The zero-order valence-corrected chi connectivity index (χ0v) is 17.2. The standard InChI is InChI=1S/C18H18BrClN2O2S/c1-10(2)24-16-7-5-12(19)8-14(16)17(23)22-18(25)21-13-6-4-11(3)15(20)9-13/h4-10H,1-3H3,(H2,21,22,23,25). The summed E-state index contributed by atoms with van der Waals surface area (Å²) in [5.74, 6) is 0.143. The minimum absolute atomic E-state index is 0.0486. The molecule has 2 aromatic rings. The lowest BCUT2D eigenvalue weighted by atomic mass is 10.2. The lowest BCUT2D eigenvalue weighted by molar-refractivity contribution is 0.0972. The van der Waals surface area contributed by atoms with E-state index in [1.165, 1.54) is 0 Å². The van der Waals surface area contributed by atoms with Gasteiger partial charge in [-0.2, -0.15) is 0 Å². The zero-order valence-electron chi connectivity index (χ0n) is 14.0. The monoisotopic (exact) mass is 440 g/mol. The number of halogens is 2. The molecule has 0 fully saturated rings. The Balaban J connectivity index is 2.11. The molecule has 7 heteroatoms. The van der Waals surface area contributed by atoms with Crippen molar-refractivity contribution in [3.63, 3.8) is 0 Å². The summed E-state index contributed by atoms with van der Waals surface area (Å²) >= 11 is 14.7. The molecular weight excluding hydrogens is 424 g/mol. The van der Waals surface area contributed by atoms with Crippen LogP contribution in [0.1, 0.15) is 29.8 Å². The Hall–Kier alpha value is -1.63. The number of anilines is 1. The van der Waals surface area contributed by atoms with Gasteiger partial charge in [-0.3, -0.25) is 10.1 Å². The van der Waals surface area contributed by atoms with Gasteiger partial charge in [0, 0.05) is 15.2 Å². The van der Waals surface area contributed by atoms with E-state index in [4.69, 9.17) is 28.6 Å². The molecule has 0 bridgehead atoms. The minimum atomic E-state index is -0.354. The van der Waals surface area contributed by atoms with E-state index >= 15 is 0 Å². The van der Waals surface area contributed by atoms with Crippen LogP contribution in [0, 0.1) is 6.92 Å². The molecule has 132 valence electrons. The third-order valence-electron chi connectivity index (χ3n) is 3.21. The number of amides is 1. The molecular formula is C18H18BrClN2O2S. The van der Waals surface area contributed by atoms with E-state index in [-0.39, 0.29) is 17.1 Å². The summed E-state index contributed by atoms with van der Waals surface area (Å²) in [7, 11) is 0. The predicted molar refractivity (Wildman–Crippen MR) is 110 cm³/mol. The molecule has 0 atom stereocenters. The largest absolute Gasteiger partial charge is 0.490 e. The Labute approximate surface area is 166 Å². The number of carbonyl (C=O) groups is 1. The first kappa shape index (κ1) is 19.7. The number of ether oxygens (including phenoxy) is 1. The number of rotatable bonds is 4. The highest BCUT2D eigenvalue weighted by Gasteiger charge is 2.16. The van der Waals surface area contributed by atoms with Crippen LogP contribution in [-0.4, -0.2) is 17.1 Å². The average molecular weight is 442 g/mol. The molecule has 0 saturated carbocycles. The fourth-order valence-electron chi connectivity index (χ4n) is 2.04. The van der Waals surface area contributed by atoms with Crippen LogP contribution >= 0.6 is 39.7 Å². The smallest absolute Gasteiger partial charge is 0.261 e. The Morgan fingerprint density at radius 2 is 1.96 bits per heavy atom. The molecule has 0 aliphatic rings. The highest BCUT2D eigenvalue weighted by Crippen LogP contribution is 2.24. The molecule has 1 amide bonds. The number of hydrogen-bond acceptors (Lipinski definition) is 3. The van der Waals surface area contributed by atoms with Crippen LogP contribution < -0.4 is 15.4 Å². The van der Waals surface area contributed by atoms with Crippen molar-refractivity contribution < 1.29 is 9.53 Å². The first-order valence-electron chi connectivity index (χ1n) is 7.61. The van der Waals surface area contributed by atoms with Gasteiger partial charge >= 0.3 is 0 Å². The van der Waals surface area contributed by atoms with Crippen molar-refractivity contribution in [2.24, 2.45) is 0 Å². The normalized spacial score (nSPS) is 10.5. The average Bonchev–Trinajstić information content (AvgIpc) is 2.52. The molecule has 0 unspecified atom stereocenters. The summed E-state index contributed by atoms with van der Waals surface area (Å²) in [6, 6.07) is 10.7. The topological polar surface area (TPSA) is 50.4 Å². The van der Waals surface area contributed by atoms with Gasteiger partial charge in [0.05, 0.1) is 11.7 Å². The first-order valence-corrected chi connectivity index (χ1v) is 9.19. The molecule has 0 saturated heterocycles. The number of carbonyl (C=O) groups excluding carboxylic acids is 1. The van der Waals surface area contributed by atoms with E-state index < -0.39 is 0 Å². The molecule has 0 aromatic heterocycles. The van der Waals surface area contributed by atoms with Crippen LogP contribution in [0.4, 0.5) is 5.69 Å². The molecule has 0 aliphatic carbocycles. The van der Waals surface area contributed by atoms with Gasteiger partial charge in [-0.05, 0) is 68.9 Å². The van der Waals surface area contributed by atoms with Gasteiger partial charge in [0.15, 0.2) is 5.11 Å². The second-order valence-corrected chi connectivity index (χ2v) is 7.41. The molecule has 0 heterocycles. The molecule has 2 rings (SSSR count). The predicted octanol–water partition coefficient (Wildman–Crippen LogP) is 5.32. The lowest BCUT2D eigenvalue weighted by Gasteiger charge is -2.15. The molecule has 0 spiro atoms. The summed E-state index contributed by atoms with van der Waals surface area (Å²) in [4.78, 5) is 12.6. The van der Waals surface area contributed by atoms with Gasteiger partial charge in [-0.15, -0.1) is 0 Å². The molecule has 2 aromatic carbocycles. The Morgan fingerprint density at radius 1 is 1.24 bits per heavy atom. The minimum Gasteiger partial charge on any atom is -0.490 e. The van der Waals surface area contributed by atoms with Crippen molar-refractivity contribution in [1.82, 2.24) is 5.32 Å². The van der Waals surface area contributed by atoms with Gasteiger partial charge in [0.1, 0.15) is 5.75 Å². The Kier molecular flexibility index (Phi) is 6.81. The van der Waals surface area contributed by atoms with E-state index in [9.17, 15) is 4.79 Å². The van der Waals surface area contributed by atoms with Gasteiger partial charge in [0.2, 0.25) is 0 Å². The molecule has 0 aliphatic heterocycles. The second-order valence-electron chi connectivity index (χ2n) is 5.68. The third-order valence-corrected chi connectivity index (χ3v) is 4.31. The molecule has 25 heavy (non-hydrogen) atoms. The summed E-state index contributed by atoms with van der Waals surface area (Å²) < 4.78 is 6.46. The van der Waals surface area contributed by atoms with E-state index in [0.717, 1.165) is 10.0 Å². The number of aryl methyl sites for hydroxylation is 1. The van der Waals surface area contributed by atoms with Crippen molar-refractivity contribution in [3.8, 4) is 5.75 Å². The first-order chi connectivity index (χ1) is 11.8. The van der Waals surface area contributed by atoms with E-state index in [1.807, 2.05) is 39.0 Å². The fraction of sp³-hybridized carbons (Fsp3) is 0.222. The SMILES string of the molecule is Cc1ccc(NC(=S)NC(=O)c2cc(Br)ccc2OC(C)C)cc1Cl. The lowest BCUT2D eigenvalue weighted by Crippen LogP contribution is -2.34. The maximum Gasteiger partial charge on any atom is 0.261 e. The maximum absolute atomic E-state index is 12.6. The fourth-order valence-corrected chi connectivity index (χ4v) is 2.79. The Bertz CT molecular complexity index is 812. The highest BCUT2D eigenvalue weighted by molar-refractivity contribution is 9.10. The van der Waals surface area contributed by atoms with Gasteiger partial charge in [0.25, 0.3) is 5.91 Å². The maximum atomic E-state index is 12.6. The summed E-state index contributed by atoms with van der Waals surface area (Å²) in [6.45, 7) is 5.71. The van der Waals surface area contributed by atoms with Gasteiger partial charge in [-0.1, -0.05) is 33.6 Å². The van der Waals surface area contributed by atoms with Crippen LogP contribution in [0.3, 0.4) is 0 Å². The number of nitrogens with one attached hydrogen (secondary N) is 2. The van der Waals surface area contributed by atoms with Crippen LogP contribution in [0.15, 0.2) is 40.9 Å². The van der Waals surface area contributed by atoms with Gasteiger partial charge < -0.3 is 10.1 Å². The van der Waals surface area contributed by atoms with Crippen molar-refractivity contribution in [2.45, 2.75) is 26.9 Å². The van der Waals surface area contributed by atoms with Crippen LogP contribution in [0.25, 0.3) is 0 Å². The summed E-state index contributed by atoms with van der Waals surface area (Å²) in [5.41, 5.74) is 2.06. The van der Waals surface area contributed by atoms with E-state index in [2.05, 4.69) is 26.6 Å². The van der Waals surface area contributed by atoms with Crippen molar-refractivity contribution >= 4 is 56.5 Å². The van der Waals surface area contributed by atoms with E-state index in [0.29, 0.717) is 22.0 Å². The van der Waals surface area contributed by atoms with Crippen molar-refractivity contribution in [3.05, 3.63) is 57.0 Å². The molecule has 2 N–H and O–H groups in total. The number of thiocarbonyl (C=S) groups is 1. The molecule has 0 radical (unpaired) electrons. The van der Waals surface area contributed by atoms with Crippen molar-refractivity contribution in [2.75, 3.05) is 5.32 Å². The third kappa shape index (κ3) is 5.70. The van der Waals surface area contributed by atoms with E-state index in [1.54, 1.807) is 18.2 Å². The second kappa shape index (κ2) is 8.65. The zero-order chi connectivity index (χ0) is 18.6. The highest BCUT2D eigenvalue weighted by atomic mass is 79.9. The van der Waals surface area contributed by atoms with Crippen molar-refractivity contribution in [1.29, 1.82) is 0 Å². The molecule has 4 nitrogen and oxygen atoms in total.